The zero-order valence-corrected chi connectivity index (χ0v) is 44.0. The summed E-state index contributed by atoms with van der Waals surface area (Å²) < 4.78 is 13.2. The number of azo groups is 1. The van der Waals surface area contributed by atoms with Crippen molar-refractivity contribution in [2.45, 2.75) is 51.0 Å². The largest absolute Gasteiger partial charge is 0.481 e. The maximum absolute atomic E-state index is 12.2. The van der Waals surface area contributed by atoms with Gasteiger partial charge in [0, 0.05) is 13.1 Å². The van der Waals surface area contributed by atoms with Gasteiger partial charge in [0.2, 0.25) is 17.7 Å². The molecule has 0 radical (unpaired) electrons. The summed E-state index contributed by atoms with van der Waals surface area (Å²) in [5.41, 5.74) is 15.0. The minimum atomic E-state index is -0.875. The number of carbonyl (C=O) groups is 4. The van der Waals surface area contributed by atoms with Crippen molar-refractivity contribution in [3.8, 4) is 0 Å². The van der Waals surface area contributed by atoms with Crippen LogP contribution >= 0.6 is 31.9 Å². The third-order valence-electron chi connectivity index (χ3n) is 10.1. The molecule has 15 heteroatoms. The summed E-state index contributed by atoms with van der Waals surface area (Å²) in [6.45, 7) is 9.46. The van der Waals surface area contributed by atoms with Gasteiger partial charge in [-0.05, 0) is 61.1 Å². The number of hydrogen-bond donors (Lipinski definition) is 4. The van der Waals surface area contributed by atoms with Crippen molar-refractivity contribution in [3.63, 3.8) is 0 Å². The predicted molar refractivity (Wildman–Crippen MR) is 289 cm³/mol. The molecule has 0 atom stereocenters. The highest BCUT2D eigenvalue weighted by Gasteiger charge is 2.38. The number of halogens is 2. The first-order valence-corrected chi connectivity index (χ1v) is 25.3. The van der Waals surface area contributed by atoms with Gasteiger partial charge in [-0.3, -0.25) is 19.2 Å². The Kier molecular flexibility index (Phi) is 27.0. The molecule has 3 amide bonds. The third-order valence-corrected chi connectivity index (χ3v) is 11.1. The number of benzene rings is 6. The van der Waals surface area contributed by atoms with E-state index in [1.165, 1.54) is 4.90 Å². The quantitative estimate of drug-likeness (QED) is 0.0223. The summed E-state index contributed by atoms with van der Waals surface area (Å²) in [7, 11) is 0. The van der Waals surface area contributed by atoms with Gasteiger partial charge in [0.25, 0.3) is 0 Å². The van der Waals surface area contributed by atoms with Crippen LogP contribution < -0.4 is 16.8 Å². The molecule has 13 nitrogen and oxygen atoms in total. The molecule has 0 aliphatic carbocycles. The first kappa shape index (κ1) is 59.0. The molecule has 6 aromatic rings. The van der Waals surface area contributed by atoms with E-state index < -0.39 is 23.1 Å². The molecule has 71 heavy (non-hydrogen) atoms. The number of nitrogens with zero attached hydrogens (tertiary/aromatic N) is 3. The maximum atomic E-state index is 12.2. The Balaban J connectivity index is 0.000000302. The molecular formula is C56H66Br2N6O7. The number of nitrogens with two attached hydrogens (primary N) is 2. The molecule has 0 spiro atoms. The van der Waals surface area contributed by atoms with Crippen molar-refractivity contribution in [1.29, 1.82) is 0 Å². The summed E-state index contributed by atoms with van der Waals surface area (Å²) in [6, 6.07) is 61.2. The monoisotopic (exact) mass is 1090 g/mol. The molecule has 6 aromatic carbocycles. The smallest absolute Gasteiger partial charge is 0.314 e. The fourth-order valence-electron chi connectivity index (χ4n) is 7.17. The van der Waals surface area contributed by atoms with Gasteiger partial charge in [0.05, 0.1) is 43.7 Å². The lowest BCUT2D eigenvalue weighted by Gasteiger charge is -2.36. The summed E-state index contributed by atoms with van der Waals surface area (Å²) in [5.74, 6) is -1.98. The average molecular weight is 1090 g/mol. The van der Waals surface area contributed by atoms with Gasteiger partial charge in [0.15, 0.2) is 0 Å². The molecule has 6 rings (SSSR count). The van der Waals surface area contributed by atoms with E-state index in [-0.39, 0.29) is 48.7 Å². The van der Waals surface area contributed by atoms with Gasteiger partial charge < -0.3 is 36.3 Å². The molecule has 0 bridgehead atoms. The molecule has 6 N–H and O–H groups in total. The highest BCUT2D eigenvalue weighted by Crippen LogP contribution is 2.41. The van der Waals surface area contributed by atoms with E-state index in [9.17, 15) is 19.2 Å². The Morgan fingerprint density at radius 3 is 1.07 bits per heavy atom. The lowest BCUT2D eigenvalue weighted by molar-refractivity contribution is -0.134. The fourth-order valence-corrected chi connectivity index (χ4v) is 7.52. The summed E-state index contributed by atoms with van der Waals surface area (Å²) in [6.07, 6.45) is 0. The SMILES string of the molecule is CC(C)N=NC(C)C.NC(=O)CN(CCOC(c1ccccc1)(c1ccccc1)c1ccccc1)C(=O)CBr.NC(=O)CNCCOC(c1ccccc1)(c1ccccc1)c1ccccc1.O=C(O)CBr. The van der Waals surface area contributed by atoms with E-state index in [2.05, 4.69) is 83.8 Å². The van der Waals surface area contributed by atoms with Crippen LogP contribution in [0.3, 0.4) is 0 Å². The molecule has 0 unspecified atom stereocenters. The highest BCUT2D eigenvalue weighted by molar-refractivity contribution is 9.09. The maximum Gasteiger partial charge on any atom is 0.314 e. The van der Waals surface area contributed by atoms with Crippen LogP contribution in [0.4, 0.5) is 0 Å². The van der Waals surface area contributed by atoms with Crippen LogP contribution in [0, 0.1) is 0 Å². The van der Waals surface area contributed by atoms with Crippen molar-refractivity contribution >= 4 is 55.6 Å². The van der Waals surface area contributed by atoms with Crippen LogP contribution in [-0.2, 0) is 39.9 Å². The average Bonchev–Trinajstić information content (AvgIpc) is 3.39. The number of alkyl halides is 2. The number of hydrogen-bond acceptors (Lipinski definition) is 9. The summed E-state index contributed by atoms with van der Waals surface area (Å²) >= 11 is 5.88. The molecular weight excluding hydrogens is 1030 g/mol. The fraction of sp³-hybridized carbons (Fsp3) is 0.286. The second-order valence-corrected chi connectivity index (χ2v) is 17.4. The third kappa shape index (κ3) is 19.8. The number of aliphatic carboxylic acids is 1. The molecule has 0 aromatic heterocycles. The number of nitrogens with one attached hydrogen (secondary N) is 1. The lowest BCUT2D eigenvalue weighted by Crippen LogP contribution is -2.42. The Morgan fingerprint density at radius 1 is 0.535 bits per heavy atom. The summed E-state index contributed by atoms with van der Waals surface area (Å²) in [5, 5.41) is 18.7. The zero-order valence-electron chi connectivity index (χ0n) is 40.8. The molecule has 0 aliphatic heterocycles. The standard InChI is InChI=1S/C25H25BrN2O3.C23H24N2O2.C6H14N2.C2H3BrO2/c26-18-24(30)28(19-23(27)29)16-17-31-25(20-10-4-1-5-11-20,21-12-6-2-7-13-21)22-14-8-3-9-15-22;24-22(26)18-25-16-17-27-23(19-10-4-1-5-11-19,20-12-6-2-7-13-20)21-14-8-3-9-15-21;1-5(2)7-8-6(3)4;3-1-2(4)5/h1-15H,16-19H2,(H2,27,29);1-15,25H,16-18H2,(H2,24,26);5-6H,1-4H3;1H2,(H,4,5). The molecule has 0 saturated carbocycles. The van der Waals surface area contributed by atoms with Gasteiger partial charge in [0.1, 0.15) is 16.5 Å². The van der Waals surface area contributed by atoms with E-state index in [1.807, 2.05) is 173 Å². The van der Waals surface area contributed by atoms with Crippen molar-refractivity contribution in [2.24, 2.45) is 21.7 Å². The topological polar surface area (TPSA) is 199 Å². The Hall–Kier alpha value is -6.36. The predicted octanol–water partition coefficient (Wildman–Crippen LogP) is 9.50. The van der Waals surface area contributed by atoms with Crippen LogP contribution in [0.15, 0.2) is 192 Å². The van der Waals surface area contributed by atoms with E-state index >= 15 is 0 Å². The molecule has 0 fully saturated rings. The molecule has 376 valence electrons. The van der Waals surface area contributed by atoms with Gasteiger partial charge >= 0.3 is 5.97 Å². The minimum absolute atomic E-state index is 0.0347. The van der Waals surface area contributed by atoms with Crippen molar-refractivity contribution < 1.29 is 33.8 Å². The number of carboxylic acids is 1. The second-order valence-electron chi connectivity index (χ2n) is 16.3. The van der Waals surface area contributed by atoms with Gasteiger partial charge in [-0.1, -0.05) is 214 Å². The van der Waals surface area contributed by atoms with Crippen molar-refractivity contribution in [2.75, 3.05) is 50.1 Å². The second kappa shape index (κ2) is 32.5. The lowest BCUT2D eigenvalue weighted by atomic mass is 9.80. The molecule has 0 aliphatic rings. The zero-order chi connectivity index (χ0) is 51.9. The molecule has 0 heterocycles. The normalized spacial score (nSPS) is 11.0. The van der Waals surface area contributed by atoms with Crippen LogP contribution in [0.5, 0.6) is 0 Å². The van der Waals surface area contributed by atoms with Crippen molar-refractivity contribution in [1.82, 2.24) is 10.2 Å². The number of ether oxygens (including phenoxy) is 2. The van der Waals surface area contributed by atoms with Crippen molar-refractivity contribution in [3.05, 3.63) is 215 Å². The van der Waals surface area contributed by atoms with E-state index in [0.717, 1.165) is 33.4 Å². The Bertz CT molecular complexity index is 2250. The van der Waals surface area contributed by atoms with Crippen LogP contribution in [0.1, 0.15) is 61.1 Å². The number of primary amides is 2. The summed E-state index contributed by atoms with van der Waals surface area (Å²) in [4.78, 5) is 45.3. The van der Waals surface area contributed by atoms with Gasteiger partial charge in [-0.2, -0.15) is 10.2 Å². The van der Waals surface area contributed by atoms with Crippen LogP contribution in [0.25, 0.3) is 0 Å². The number of carboxylic acid groups (broad SMARTS) is 1. The first-order valence-electron chi connectivity index (χ1n) is 23.1. The number of rotatable bonds is 22. The highest BCUT2D eigenvalue weighted by atomic mass is 79.9. The van der Waals surface area contributed by atoms with Crippen LogP contribution in [0.2, 0.25) is 0 Å². The van der Waals surface area contributed by atoms with Crippen LogP contribution in [-0.4, -0.2) is 95.8 Å². The Morgan fingerprint density at radius 2 is 0.831 bits per heavy atom. The van der Waals surface area contributed by atoms with E-state index in [4.69, 9.17) is 26.0 Å². The number of carbonyl (C=O) groups excluding carboxylic acids is 3. The molecule has 0 saturated heterocycles. The van der Waals surface area contributed by atoms with Gasteiger partial charge in [-0.25, -0.2) is 0 Å². The van der Waals surface area contributed by atoms with E-state index in [0.29, 0.717) is 25.2 Å². The van der Waals surface area contributed by atoms with E-state index in [1.54, 1.807) is 0 Å². The Labute approximate surface area is 435 Å². The number of amides is 3. The first-order chi connectivity index (χ1) is 34.2. The minimum Gasteiger partial charge on any atom is -0.481 e. The van der Waals surface area contributed by atoms with Gasteiger partial charge in [-0.15, -0.1) is 0 Å².